The smallest absolute Gasteiger partial charge is 0.352 e. The SMILES string of the molecule is O=C(CCc1cccc(Cl)c1)NCc1ccccc1NC(=O)C(F)(F)F. The van der Waals surface area contributed by atoms with E-state index in [4.69, 9.17) is 11.6 Å². The summed E-state index contributed by atoms with van der Waals surface area (Å²) in [5, 5.41) is 5.02. The first-order chi connectivity index (χ1) is 12.3. The van der Waals surface area contributed by atoms with E-state index in [2.05, 4.69) is 5.32 Å². The highest BCUT2D eigenvalue weighted by atomic mass is 35.5. The van der Waals surface area contributed by atoms with Gasteiger partial charge >= 0.3 is 12.1 Å². The van der Waals surface area contributed by atoms with Gasteiger partial charge in [0.15, 0.2) is 0 Å². The molecule has 2 amide bonds. The van der Waals surface area contributed by atoms with Crippen molar-refractivity contribution in [3.05, 3.63) is 64.7 Å². The lowest BCUT2D eigenvalue weighted by molar-refractivity contribution is -0.167. The second-order valence-corrected chi connectivity index (χ2v) is 5.95. The number of halogens is 4. The van der Waals surface area contributed by atoms with E-state index in [1.54, 1.807) is 24.3 Å². The van der Waals surface area contributed by atoms with Crippen LogP contribution in [0.25, 0.3) is 0 Å². The Bertz CT molecular complexity index is 794. The Morgan fingerprint density at radius 1 is 1.04 bits per heavy atom. The van der Waals surface area contributed by atoms with Crippen LogP contribution in [0.5, 0.6) is 0 Å². The Hall–Kier alpha value is -2.54. The number of aryl methyl sites for hydroxylation is 1. The van der Waals surface area contributed by atoms with Crippen LogP contribution in [0, 0.1) is 0 Å². The van der Waals surface area contributed by atoms with Gasteiger partial charge in [0.1, 0.15) is 0 Å². The second-order valence-electron chi connectivity index (χ2n) is 5.52. The van der Waals surface area contributed by atoms with Gasteiger partial charge in [-0.2, -0.15) is 13.2 Å². The highest BCUT2D eigenvalue weighted by molar-refractivity contribution is 6.30. The summed E-state index contributed by atoms with van der Waals surface area (Å²) in [5.74, 6) is -2.32. The molecule has 26 heavy (non-hydrogen) atoms. The minimum absolute atomic E-state index is 0.00267. The van der Waals surface area contributed by atoms with Gasteiger partial charge in [-0.15, -0.1) is 0 Å². The average molecular weight is 385 g/mol. The maximum atomic E-state index is 12.4. The minimum Gasteiger partial charge on any atom is -0.352 e. The van der Waals surface area contributed by atoms with Crippen molar-refractivity contribution in [2.75, 3.05) is 5.32 Å². The zero-order valence-corrected chi connectivity index (χ0v) is 14.3. The third-order valence-corrected chi connectivity index (χ3v) is 3.76. The molecule has 0 aromatic heterocycles. The largest absolute Gasteiger partial charge is 0.471 e. The van der Waals surface area contributed by atoms with Crippen molar-refractivity contribution < 1.29 is 22.8 Å². The first-order valence-electron chi connectivity index (χ1n) is 7.73. The van der Waals surface area contributed by atoms with Gasteiger partial charge in [0.05, 0.1) is 0 Å². The highest BCUT2D eigenvalue weighted by Crippen LogP contribution is 2.21. The van der Waals surface area contributed by atoms with Crippen LogP contribution in [0.2, 0.25) is 5.02 Å². The standard InChI is InChI=1S/C18H16ClF3N2O2/c19-14-6-3-4-12(10-14)8-9-16(25)23-11-13-5-1-2-7-15(13)24-17(26)18(20,21)22/h1-7,10H,8-9,11H2,(H,23,25)(H,24,26). The van der Waals surface area contributed by atoms with Crippen molar-refractivity contribution in [3.63, 3.8) is 0 Å². The molecular weight excluding hydrogens is 369 g/mol. The van der Waals surface area contributed by atoms with Gasteiger partial charge in [-0.3, -0.25) is 9.59 Å². The molecule has 0 atom stereocenters. The number of carbonyl (C=O) groups excluding carboxylic acids is 2. The zero-order valence-electron chi connectivity index (χ0n) is 13.6. The van der Waals surface area contributed by atoms with Crippen LogP contribution >= 0.6 is 11.6 Å². The van der Waals surface area contributed by atoms with Gasteiger partial charge in [0.2, 0.25) is 5.91 Å². The molecule has 8 heteroatoms. The molecule has 0 saturated heterocycles. The lowest BCUT2D eigenvalue weighted by atomic mass is 10.1. The molecule has 2 rings (SSSR count). The lowest BCUT2D eigenvalue weighted by Gasteiger charge is -2.13. The van der Waals surface area contributed by atoms with Crippen molar-refractivity contribution in [1.82, 2.24) is 5.32 Å². The summed E-state index contributed by atoms with van der Waals surface area (Å²) < 4.78 is 37.1. The van der Waals surface area contributed by atoms with Gasteiger partial charge in [-0.05, 0) is 35.7 Å². The number of para-hydroxylation sites is 1. The van der Waals surface area contributed by atoms with E-state index in [9.17, 15) is 22.8 Å². The van der Waals surface area contributed by atoms with Gasteiger partial charge in [0, 0.05) is 23.7 Å². The number of hydrogen-bond donors (Lipinski definition) is 2. The summed E-state index contributed by atoms with van der Waals surface area (Å²) in [4.78, 5) is 23.0. The predicted octanol–water partition coefficient (Wildman–Crippen LogP) is 4.09. The Labute approximate surface area is 153 Å². The molecule has 0 saturated carbocycles. The summed E-state index contributed by atoms with van der Waals surface area (Å²) in [6, 6.07) is 13.1. The molecule has 0 unspecified atom stereocenters. The lowest BCUT2D eigenvalue weighted by Crippen LogP contribution is -2.31. The van der Waals surface area contributed by atoms with E-state index < -0.39 is 12.1 Å². The maximum Gasteiger partial charge on any atom is 0.471 e. The van der Waals surface area contributed by atoms with Crippen molar-refractivity contribution in [1.29, 1.82) is 0 Å². The number of anilines is 1. The monoisotopic (exact) mass is 384 g/mol. The highest BCUT2D eigenvalue weighted by Gasteiger charge is 2.38. The molecule has 2 aromatic carbocycles. The van der Waals surface area contributed by atoms with Gasteiger partial charge in [0.25, 0.3) is 0 Å². The number of nitrogens with one attached hydrogen (secondary N) is 2. The molecule has 0 radical (unpaired) electrons. The number of hydrogen-bond acceptors (Lipinski definition) is 2. The molecule has 0 spiro atoms. The third kappa shape index (κ3) is 6.07. The molecule has 0 aliphatic heterocycles. The molecular formula is C18H16ClF3N2O2. The van der Waals surface area contributed by atoms with E-state index in [-0.39, 0.29) is 24.6 Å². The summed E-state index contributed by atoms with van der Waals surface area (Å²) in [6.07, 6.45) is -4.29. The zero-order chi connectivity index (χ0) is 19.2. The van der Waals surface area contributed by atoms with E-state index in [1.807, 2.05) is 11.4 Å². The Kier molecular flexibility index (Phi) is 6.63. The predicted molar refractivity (Wildman–Crippen MR) is 92.7 cm³/mol. The molecule has 0 aliphatic carbocycles. The molecule has 0 aliphatic rings. The summed E-state index contributed by atoms with van der Waals surface area (Å²) in [7, 11) is 0. The fourth-order valence-corrected chi connectivity index (χ4v) is 2.44. The topological polar surface area (TPSA) is 58.2 Å². The average Bonchev–Trinajstić information content (AvgIpc) is 2.58. The summed E-state index contributed by atoms with van der Waals surface area (Å²) in [6.45, 7) is 0.00267. The number of carbonyl (C=O) groups is 2. The van der Waals surface area contributed by atoms with Crippen molar-refractivity contribution in [3.8, 4) is 0 Å². The maximum absolute atomic E-state index is 12.4. The van der Waals surface area contributed by atoms with Crippen LogP contribution in [-0.2, 0) is 22.6 Å². The van der Waals surface area contributed by atoms with E-state index in [1.165, 1.54) is 18.2 Å². The van der Waals surface area contributed by atoms with Crippen LogP contribution in [0.15, 0.2) is 48.5 Å². The summed E-state index contributed by atoms with van der Waals surface area (Å²) >= 11 is 5.88. The van der Waals surface area contributed by atoms with Crippen molar-refractivity contribution in [2.45, 2.75) is 25.6 Å². The van der Waals surface area contributed by atoms with Crippen molar-refractivity contribution >= 4 is 29.1 Å². The van der Waals surface area contributed by atoms with Crippen LogP contribution < -0.4 is 10.6 Å². The molecule has 0 fully saturated rings. The van der Waals surface area contributed by atoms with Gasteiger partial charge in [-0.1, -0.05) is 41.9 Å². The van der Waals surface area contributed by atoms with Gasteiger partial charge < -0.3 is 10.6 Å². The number of amides is 2. The molecule has 0 bridgehead atoms. The van der Waals surface area contributed by atoms with Crippen LogP contribution in [0.1, 0.15) is 17.5 Å². The van der Waals surface area contributed by atoms with E-state index in [0.717, 1.165) is 5.56 Å². The number of rotatable bonds is 6. The second kappa shape index (κ2) is 8.71. The number of benzene rings is 2. The van der Waals surface area contributed by atoms with Crippen molar-refractivity contribution in [2.24, 2.45) is 0 Å². The first kappa shape index (κ1) is 19.8. The first-order valence-corrected chi connectivity index (χ1v) is 8.11. The molecule has 2 N–H and O–H groups in total. The van der Waals surface area contributed by atoms with Crippen LogP contribution in [0.4, 0.5) is 18.9 Å². The Morgan fingerprint density at radius 3 is 2.46 bits per heavy atom. The van der Waals surface area contributed by atoms with Gasteiger partial charge in [-0.25, -0.2) is 0 Å². The molecule has 2 aromatic rings. The van der Waals surface area contributed by atoms with E-state index in [0.29, 0.717) is 17.0 Å². The molecule has 4 nitrogen and oxygen atoms in total. The Balaban J connectivity index is 1.90. The van der Waals surface area contributed by atoms with Crippen LogP contribution in [-0.4, -0.2) is 18.0 Å². The number of alkyl halides is 3. The fourth-order valence-electron chi connectivity index (χ4n) is 2.22. The quantitative estimate of drug-likeness (QED) is 0.788. The normalized spacial score (nSPS) is 11.1. The van der Waals surface area contributed by atoms with Crippen LogP contribution in [0.3, 0.4) is 0 Å². The molecule has 0 heterocycles. The third-order valence-electron chi connectivity index (χ3n) is 3.53. The summed E-state index contributed by atoms with van der Waals surface area (Å²) in [5.41, 5.74) is 1.29. The molecule has 138 valence electrons. The minimum atomic E-state index is -4.98. The fraction of sp³-hybridized carbons (Fsp3) is 0.222. The Morgan fingerprint density at radius 2 is 1.77 bits per heavy atom. The van der Waals surface area contributed by atoms with E-state index >= 15 is 0 Å².